The quantitative estimate of drug-likeness (QED) is 0.912. The molecule has 1 atom stereocenters. The number of nitrogens with one attached hydrogen (secondary N) is 2. The van der Waals surface area contributed by atoms with E-state index < -0.39 is 18.2 Å². The van der Waals surface area contributed by atoms with Crippen LogP contribution in [0.2, 0.25) is 0 Å². The highest BCUT2D eigenvalue weighted by Crippen LogP contribution is 2.31. The summed E-state index contributed by atoms with van der Waals surface area (Å²) in [5.74, 6) is 0.424. The molecule has 2 amide bonds. The molecular formula is C11H10F3N5OS. The van der Waals surface area contributed by atoms with Gasteiger partial charge in [0.25, 0.3) is 0 Å². The lowest BCUT2D eigenvalue weighted by Crippen LogP contribution is -2.40. The molecule has 2 aromatic heterocycles. The number of amides is 2. The average Bonchev–Trinajstić information content (AvgIpc) is 2.81. The summed E-state index contributed by atoms with van der Waals surface area (Å²) in [6, 6.07) is 0.857. The van der Waals surface area contributed by atoms with Gasteiger partial charge in [0.2, 0.25) is 5.13 Å². The minimum absolute atomic E-state index is 0.118. The normalized spacial score (nSPS) is 12.8. The van der Waals surface area contributed by atoms with Crippen molar-refractivity contribution in [1.29, 1.82) is 0 Å². The molecule has 112 valence electrons. The molecule has 0 aromatic carbocycles. The van der Waals surface area contributed by atoms with Gasteiger partial charge < -0.3 is 5.32 Å². The smallest absolute Gasteiger partial charge is 0.321 e. The molecule has 2 N–H and O–H groups in total. The molecule has 2 aromatic rings. The van der Waals surface area contributed by atoms with E-state index in [1.807, 2.05) is 5.32 Å². The molecule has 1 unspecified atom stereocenters. The molecule has 2 heterocycles. The number of carbonyl (C=O) groups excluding carboxylic acids is 1. The van der Waals surface area contributed by atoms with Crippen molar-refractivity contribution in [2.45, 2.75) is 19.1 Å². The molecule has 0 aliphatic heterocycles. The zero-order valence-corrected chi connectivity index (χ0v) is 11.5. The van der Waals surface area contributed by atoms with Crippen molar-refractivity contribution in [2.24, 2.45) is 0 Å². The Morgan fingerprint density at radius 3 is 2.67 bits per heavy atom. The number of urea groups is 1. The van der Waals surface area contributed by atoms with Gasteiger partial charge in [-0.25, -0.2) is 9.78 Å². The van der Waals surface area contributed by atoms with Crippen molar-refractivity contribution in [3.63, 3.8) is 0 Å². The van der Waals surface area contributed by atoms with Crippen molar-refractivity contribution in [3.05, 3.63) is 35.9 Å². The van der Waals surface area contributed by atoms with Crippen LogP contribution in [0.3, 0.4) is 0 Å². The maximum absolute atomic E-state index is 13.0. The number of aryl methyl sites for hydroxylation is 1. The van der Waals surface area contributed by atoms with Crippen LogP contribution in [0.1, 0.15) is 17.6 Å². The maximum atomic E-state index is 13.0. The van der Waals surface area contributed by atoms with Crippen LogP contribution in [0.5, 0.6) is 0 Å². The van der Waals surface area contributed by atoms with Gasteiger partial charge in [-0.3, -0.25) is 10.3 Å². The highest BCUT2D eigenvalue weighted by atomic mass is 32.1. The molecule has 0 saturated carbocycles. The van der Waals surface area contributed by atoms with Crippen LogP contribution >= 0.6 is 11.5 Å². The van der Waals surface area contributed by atoms with Crippen LogP contribution < -0.4 is 10.6 Å². The average molecular weight is 317 g/mol. The first-order valence-corrected chi connectivity index (χ1v) is 6.49. The second-order valence-electron chi connectivity index (χ2n) is 3.97. The predicted octanol–water partition coefficient (Wildman–Crippen LogP) is 2.67. The third-order valence-corrected chi connectivity index (χ3v) is 3.06. The van der Waals surface area contributed by atoms with Gasteiger partial charge >= 0.3 is 12.2 Å². The molecule has 10 heteroatoms. The fraction of sp³-hybridized carbons (Fsp3) is 0.273. The molecule has 0 spiro atoms. The molecule has 0 saturated heterocycles. The largest absolute Gasteiger partial charge is 0.414 e. The number of aromatic nitrogens is 3. The zero-order chi connectivity index (χ0) is 15.5. The van der Waals surface area contributed by atoms with Gasteiger partial charge in [0.1, 0.15) is 5.82 Å². The van der Waals surface area contributed by atoms with Gasteiger partial charge in [-0.15, -0.1) is 0 Å². The van der Waals surface area contributed by atoms with E-state index in [2.05, 4.69) is 19.7 Å². The maximum Gasteiger partial charge on any atom is 0.414 e. The number of hydrogen-bond acceptors (Lipinski definition) is 5. The SMILES string of the molecule is Cc1nsc(NC(=O)NC(c2ccccn2)C(F)(F)F)n1. The summed E-state index contributed by atoms with van der Waals surface area (Å²) in [7, 11) is 0. The summed E-state index contributed by atoms with van der Waals surface area (Å²) in [5.41, 5.74) is -0.298. The molecule has 0 aliphatic carbocycles. The number of rotatable bonds is 3. The second-order valence-corrected chi connectivity index (χ2v) is 4.73. The van der Waals surface area contributed by atoms with Crippen molar-refractivity contribution in [2.75, 3.05) is 5.32 Å². The molecule has 0 radical (unpaired) electrons. The van der Waals surface area contributed by atoms with Gasteiger partial charge in [0.05, 0.1) is 5.69 Å². The van der Waals surface area contributed by atoms with Crippen molar-refractivity contribution in [1.82, 2.24) is 19.7 Å². The van der Waals surface area contributed by atoms with Crippen molar-refractivity contribution in [3.8, 4) is 0 Å². The predicted molar refractivity (Wildman–Crippen MR) is 69.8 cm³/mol. The van der Waals surface area contributed by atoms with E-state index >= 15 is 0 Å². The van der Waals surface area contributed by atoms with Gasteiger partial charge in [-0.05, 0) is 19.1 Å². The fourth-order valence-electron chi connectivity index (χ4n) is 1.48. The molecule has 2 rings (SSSR count). The van der Waals surface area contributed by atoms with E-state index in [1.165, 1.54) is 24.4 Å². The Bertz CT molecular complexity index is 616. The van der Waals surface area contributed by atoms with Crippen molar-refractivity contribution < 1.29 is 18.0 Å². The van der Waals surface area contributed by atoms with E-state index in [1.54, 1.807) is 6.92 Å². The number of carbonyl (C=O) groups is 1. The highest BCUT2D eigenvalue weighted by molar-refractivity contribution is 7.09. The monoisotopic (exact) mass is 317 g/mol. The molecule has 6 nitrogen and oxygen atoms in total. The molecular weight excluding hydrogens is 307 g/mol. The molecule has 0 fully saturated rings. The third-order valence-electron chi connectivity index (χ3n) is 2.33. The Kier molecular flexibility index (Phi) is 4.36. The number of pyridine rings is 1. The lowest BCUT2D eigenvalue weighted by molar-refractivity contribution is -0.155. The van der Waals surface area contributed by atoms with Crippen LogP contribution in [0.15, 0.2) is 24.4 Å². The van der Waals surface area contributed by atoms with E-state index in [4.69, 9.17) is 0 Å². The fourth-order valence-corrected chi connectivity index (χ4v) is 2.05. The topological polar surface area (TPSA) is 79.8 Å². The zero-order valence-electron chi connectivity index (χ0n) is 10.7. The third kappa shape index (κ3) is 4.12. The standard InChI is InChI=1S/C11H10F3N5OS/c1-6-16-10(21-19-6)18-9(20)17-8(11(12,13)14)7-4-2-3-5-15-7/h2-5,8H,1H3,(H2,16,17,18,19,20). The van der Waals surface area contributed by atoms with Crippen LogP contribution in [0, 0.1) is 6.92 Å². The summed E-state index contributed by atoms with van der Waals surface area (Å²) in [4.78, 5) is 19.1. The summed E-state index contributed by atoms with van der Waals surface area (Å²) in [6.07, 6.45) is -3.44. The number of halogens is 3. The summed E-state index contributed by atoms with van der Waals surface area (Å²) >= 11 is 0.878. The number of nitrogens with zero attached hydrogens (tertiary/aromatic N) is 3. The van der Waals surface area contributed by atoms with E-state index in [0.29, 0.717) is 5.82 Å². The first kappa shape index (κ1) is 15.2. The Balaban J connectivity index is 2.11. The molecule has 0 aliphatic rings. The van der Waals surface area contributed by atoms with Gasteiger partial charge in [-0.1, -0.05) is 6.07 Å². The highest BCUT2D eigenvalue weighted by Gasteiger charge is 2.42. The van der Waals surface area contributed by atoms with Crippen LogP contribution in [-0.2, 0) is 0 Å². The van der Waals surface area contributed by atoms with Crippen LogP contribution in [-0.4, -0.2) is 26.5 Å². The van der Waals surface area contributed by atoms with Gasteiger partial charge in [0, 0.05) is 17.7 Å². The first-order chi connectivity index (χ1) is 9.86. The number of anilines is 1. The number of alkyl halides is 3. The molecule has 0 bridgehead atoms. The molecule has 21 heavy (non-hydrogen) atoms. The van der Waals surface area contributed by atoms with Crippen molar-refractivity contribution >= 4 is 22.7 Å². The Labute approximate surface area is 121 Å². The number of hydrogen-bond donors (Lipinski definition) is 2. The van der Waals surface area contributed by atoms with E-state index in [9.17, 15) is 18.0 Å². The van der Waals surface area contributed by atoms with E-state index in [-0.39, 0.29) is 10.8 Å². The second kappa shape index (κ2) is 6.04. The Morgan fingerprint density at radius 1 is 1.38 bits per heavy atom. The van der Waals surface area contributed by atoms with Gasteiger partial charge in [0.15, 0.2) is 6.04 Å². The lowest BCUT2D eigenvalue weighted by Gasteiger charge is -2.20. The Morgan fingerprint density at radius 2 is 2.14 bits per heavy atom. The minimum atomic E-state index is -4.66. The Hall–Kier alpha value is -2.23. The van der Waals surface area contributed by atoms with Crippen LogP contribution in [0.25, 0.3) is 0 Å². The first-order valence-electron chi connectivity index (χ1n) is 5.72. The summed E-state index contributed by atoms with van der Waals surface area (Å²) in [5, 5.41) is 4.15. The van der Waals surface area contributed by atoms with Crippen LogP contribution in [0.4, 0.5) is 23.1 Å². The lowest BCUT2D eigenvalue weighted by atomic mass is 10.2. The summed E-state index contributed by atoms with van der Waals surface area (Å²) in [6.45, 7) is 1.60. The summed E-state index contributed by atoms with van der Waals surface area (Å²) < 4.78 is 42.8. The minimum Gasteiger partial charge on any atom is -0.321 e. The van der Waals surface area contributed by atoms with E-state index in [0.717, 1.165) is 11.5 Å². The van der Waals surface area contributed by atoms with Gasteiger partial charge in [-0.2, -0.15) is 17.5 Å².